The minimum absolute atomic E-state index is 0.0386. The highest BCUT2D eigenvalue weighted by Crippen LogP contribution is 2.26. The van der Waals surface area contributed by atoms with Gasteiger partial charge in [0.1, 0.15) is 0 Å². The zero-order valence-corrected chi connectivity index (χ0v) is 12.5. The SMILES string of the molecule is CCCCC(Cc1nc(C(C)(C)C)cs1)C(=O)O. The molecule has 1 heterocycles. The van der Waals surface area contributed by atoms with Gasteiger partial charge in [-0.25, -0.2) is 4.98 Å². The molecule has 0 saturated carbocycles. The molecule has 0 radical (unpaired) electrons. The monoisotopic (exact) mass is 269 g/mol. The molecule has 0 spiro atoms. The molecule has 1 rings (SSSR count). The van der Waals surface area contributed by atoms with Crippen molar-refractivity contribution in [2.24, 2.45) is 5.92 Å². The van der Waals surface area contributed by atoms with E-state index >= 15 is 0 Å². The zero-order valence-electron chi connectivity index (χ0n) is 11.7. The Morgan fingerprint density at radius 1 is 1.50 bits per heavy atom. The van der Waals surface area contributed by atoms with Crippen molar-refractivity contribution in [3.8, 4) is 0 Å². The molecule has 0 aliphatic rings. The van der Waals surface area contributed by atoms with Gasteiger partial charge in [-0.3, -0.25) is 4.79 Å². The van der Waals surface area contributed by atoms with Crippen molar-refractivity contribution in [3.05, 3.63) is 16.1 Å². The van der Waals surface area contributed by atoms with Crippen LogP contribution < -0.4 is 0 Å². The molecule has 4 heteroatoms. The lowest BCUT2D eigenvalue weighted by Gasteiger charge is -2.14. The second kappa shape index (κ2) is 6.32. The number of aromatic nitrogens is 1. The summed E-state index contributed by atoms with van der Waals surface area (Å²) in [6.07, 6.45) is 3.32. The number of carbonyl (C=O) groups is 1. The molecule has 0 aliphatic carbocycles. The molecule has 1 unspecified atom stereocenters. The van der Waals surface area contributed by atoms with E-state index in [0.717, 1.165) is 30.0 Å². The van der Waals surface area contributed by atoms with Gasteiger partial charge in [-0.2, -0.15) is 0 Å². The summed E-state index contributed by atoms with van der Waals surface area (Å²) in [5.74, 6) is -0.986. The number of aliphatic carboxylic acids is 1. The molecule has 0 fully saturated rings. The molecule has 0 saturated heterocycles. The molecule has 0 amide bonds. The first-order chi connectivity index (χ1) is 8.34. The fourth-order valence-electron chi connectivity index (χ4n) is 1.72. The number of hydrogen-bond acceptors (Lipinski definition) is 3. The summed E-state index contributed by atoms with van der Waals surface area (Å²) < 4.78 is 0. The van der Waals surface area contributed by atoms with Crippen molar-refractivity contribution in [2.75, 3.05) is 0 Å². The van der Waals surface area contributed by atoms with Crippen LogP contribution in [-0.4, -0.2) is 16.1 Å². The largest absolute Gasteiger partial charge is 0.481 e. The van der Waals surface area contributed by atoms with Crippen molar-refractivity contribution in [3.63, 3.8) is 0 Å². The minimum Gasteiger partial charge on any atom is -0.481 e. The Labute approximate surface area is 113 Å². The number of carboxylic acids is 1. The zero-order chi connectivity index (χ0) is 13.8. The van der Waals surface area contributed by atoms with Gasteiger partial charge in [0.05, 0.1) is 16.6 Å². The topological polar surface area (TPSA) is 50.2 Å². The average Bonchev–Trinajstić information content (AvgIpc) is 2.71. The predicted molar refractivity (Wildman–Crippen MR) is 75.2 cm³/mol. The molecule has 1 N–H and O–H groups in total. The predicted octanol–water partition coefficient (Wildman–Crippen LogP) is 3.87. The highest BCUT2D eigenvalue weighted by atomic mass is 32.1. The number of unbranched alkanes of at least 4 members (excludes halogenated alkanes) is 1. The van der Waals surface area contributed by atoms with Gasteiger partial charge in [-0.15, -0.1) is 11.3 Å². The second-order valence-electron chi connectivity index (χ2n) is 5.76. The fourth-order valence-corrected chi connectivity index (χ4v) is 2.83. The van der Waals surface area contributed by atoms with Crippen molar-refractivity contribution < 1.29 is 9.90 Å². The van der Waals surface area contributed by atoms with E-state index < -0.39 is 5.97 Å². The number of hydrogen-bond donors (Lipinski definition) is 1. The third-order valence-electron chi connectivity index (χ3n) is 3.00. The molecule has 1 aromatic rings. The van der Waals surface area contributed by atoms with Gasteiger partial charge < -0.3 is 5.11 Å². The lowest BCUT2D eigenvalue weighted by Crippen LogP contribution is -2.17. The maximum absolute atomic E-state index is 11.2. The summed E-state index contributed by atoms with van der Waals surface area (Å²) in [7, 11) is 0. The minimum atomic E-state index is -0.698. The molecule has 3 nitrogen and oxygen atoms in total. The summed E-state index contributed by atoms with van der Waals surface area (Å²) in [6.45, 7) is 8.45. The second-order valence-corrected chi connectivity index (χ2v) is 6.70. The standard InChI is InChI=1S/C14H23NO2S/c1-5-6-7-10(13(16)17)8-12-15-11(9-18-12)14(2,3)4/h9-10H,5-8H2,1-4H3,(H,16,17). The van der Waals surface area contributed by atoms with Crippen molar-refractivity contribution >= 4 is 17.3 Å². The van der Waals surface area contributed by atoms with Crippen LogP contribution in [0.25, 0.3) is 0 Å². The maximum atomic E-state index is 11.2. The van der Waals surface area contributed by atoms with Crippen molar-refractivity contribution in [1.29, 1.82) is 0 Å². The number of carboxylic acid groups (broad SMARTS) is 1. The molecule has 0 aromatic carbocycles. The summed E-state index contributed by atoms with van der Waals surface area (Å²) in [6, 6.07) is 0. The van der Waals surface area contributed by atoms with Gasteiger partial charge in [-0.1, -0.05) is 40.5 Å². The van der Waals surface area contributed by atoms with Gasteiger partial charge in [0, 0.05) is 17.2 Å². The van der Waals surface area contributed by atoms with Gasteiger partial charge in [0.25, 0.3) is 0 Å². The first-order valence-electron chi connectivity index (χ1n) is 6.52. The van der Waals surface area contributed by atoms with Crippen LogP contribution in [0, 0.1) is 5.92 Å². The van der Waals surface area contributed by atoms with Gasteiger partial charge in [0.15, 0.2) is 0 Å². The summed E-state index contributed by atoms with van der Waals surface area (Å²) in [4.78, 5) is 15.8. The Bertz CT molecular complexity index is 393. The van der Waals surface area contributed by atoms with Crippen LogP contribution >= 0.6 is 11.3 Å². The molecule has 0 bridgehead atoms. The van der Waals surface area contributed by atoms with Crippen LogP contribution in [0.4, 0.5) is 0 Å². The Kier molecular flexibility index (Phi) is 5.32. The molecule has 102 valence electrons. The molecule has 0 aliphatic heterocycles. The van der Waals surface area contributed by atoms with Crippen LogP contribution in [-0.2, 0) is 16.6 Å². The number of thiazole rings is 1. The Hall–Kier alpha value is -0.900. The lowest BCUT2D eigenvalue weighted by molar-refractivity contribution is -0.142. The highest BCUT2D eigenvalue weighted by Gasteiger charge is 2.22. The van der Waals surface area contributed by atoms with Crippen LogP contribution in [0.5, 0.6) is 0 Å². The van der Waals surface area contributed by atoms with Gasteiger partial charge in [-0.05, 0) is 6.42 Å². The first-order valence-corrected chi connectivity index (χ1v) is 7.40. The smallest absolute Gasteiger partial charge is 0.306 e. The number of nitrogens with zero attached hydrogens (tertiary/aromatic N) is 1. The molecule has 18 heavy (non-hydrogen) atoms. The van der Waals surface area contributed by atoms with Crippen molar-refractivity contribution in [2.45, 2.75) is 58.8 Å². The normalized spacial score (nSPS) is 13.6. The van der Waals surface area contributed by atoms with Gasteiger partial charge >= 0.3 is 5.97 Å². The van der Waals surface area contributed by atoms with Crippen LogP contribution in [0.3, 0.4) is 0 Å². The summed E-state index contributed by atoms with van der Waals surface area (Å²) in [5, 5.41) is 12.2. The van der Waals surface area contributed by atoms with Crippen LogP contribution in [0.1, 0.15) is 57.7 Å². The third kappa shape index (κ3) is 4.41. The van der Waals surface area contributed by atoms with E-state index in [0.29, 0.717) is 6.42 Å². The molecular weight excluding hydrogens is 246 g/mol. The third-order valence-corrected chi connectivity index (χ3v) is 3.87. The van der Waals surface area contributed by atoms with Crippen molar-refractivity contribution in [1.82, 2.24) is 4.98 Å². The summed E-state index contributed by atoms with van der Waals surface area (Å²) in [5.41, 5.74) is 1.10. The average molecular weight is 269 g/mol. The highest BCUT2D eigenvalue weighted by molar-refractivity contribution is 7.09. The van der Waals surface area contributed by atoms with E-state index in [1.807, 2.05) is 5.38 Å². The van der Waals surface area contributed by atoms with E-state index in [1.165, 1.54) is 0 Å². The maximum Gasteiger partial charge on any atom is 0.306 e. The quantitative estimate of drug-likeness (QED) is 0.852. The van der Waals surface area contributed by atoms with E-state index in [9.17, 15) is 9.90 Å². The Morgan fingerprint density at radius 3 is 2.61 bits per heavy atom. The molecular formula is C14H23NO2S. The fraction of sp³-hybridized carbons (Fsp3) is 0.714. The molecule has 1 atom stereocenters. The van der Waals surface area contributed by atoms with E-state index in [4.69, 9.17) is 0 Å². The van der Waals surface area contributed by atoms with Crippen LogP contribution in [0.2, 0.25) is 0 Å². The Balaban J connectivity index is 2.69. The van der Waals surface area contributed by atoms with E-state index in [-0.39, 0.29) is 11.3 Å². The van der Waals surface area contributed by atoms with Gasteiger partial charge in [0.2, 0.25) is 0 Å². The summed E-state index contributed by atoms with van der Waals surface area (Å²) >= 11 is 1.58. The van der Waals surface area contributed by atoms with E-state index in [2.05, 4.69) is 32.7 Å². The lowest BCUT2D eigenvalue weighted by atomic mass is 9.93. The van der Waals surface area contributed by atoms with E-state index in [1.54, 1.807) is 11.3 Å². The first kappa shape index (κ1) is 15.2. The number of rotatable bonds is 6. The molecule has 1 aromatic heterocycles. The Morgan fingerprint density at radius 2 is 2.17 bits per heavy atom. The van der Waals surface area contributed by atoms with Crippen LogP contribution in [0.15, 0.2) is 5.38 Å².